The van der Waals surface area contributed by atoms with Crippen molar-refractivity contribution in [3.8, 4) is 39.9 Å². The van der Waals surface area contributed by atoms with Crippen molar-refractivity contribution in [2.24, 2.45) is 0 Å². The molecule has 46 heavy (non-hydrogen) atoms. The van der Waals surface area contributed by atoms with Gasteiger partial charge >= 0.3 is 0 Å². The minimum absolute atomic E-state index is 0. The van der Waals surface area contributed by atoms with E-state index in [4.69, 9.17) is 15.0 Å². The van der Waals surface area contributed by atoms with Gasteiger partial charge in [-0.25, -0.2) is 15.0 Å². The minimum atomic E-state index is 0. The average molecular weight is 706 g/mol. The lowest BCUT2D eigenvalue weighted by Gasteiger charge is -2.13. The fourth-order valence-electron chi connectivity index (χ4n) is 6.65. The van der Waals surface area contributed by atoms with Gasteiger partial charge in [-0.05, 0) is 82.4 Å². The molecule has 1 aliphatic rings. The first kappa shape index (κ1) is 28.2. The average Bonchev–Trinajstić information content (AvgIpc) is 3.45. The summed E-state index contributed by atoms with van der Waals surface area (Å²) in [5.41, 5.74) is 8.91. The molecule has 0 saturated heterocycles. The van der Waals surface area contributed by atoms with Crippen LogP contribution in [-0.2, 0) is 6.54 Å². The van der Waals surface area contributed by atoms with Crippen LogP contribution in [0.1, 0.15) is 11.3 Å². The molecule has 4 aromatic carbocycles. The van der Waals surface area contributed by atoms with Gasteiger partial charge in [0.2, 0.25) is 0 Å². The molecule has 0 fully saturated rings. The molecule has 0 unspecified atom stereocenters. The Bertz CT molecular complexity index is 2410. The molecule has 8 aromatic rings. The highest BCUT2D eigenvalue weighted by atomic mass is 127. The van der Waals surface area contributed by atoms with E-state index in [2.05, 4.69) is 119 Å². The summed E-state index contributed by atoms with van der Waals surface area (Å²) in [7, 11) is 0. The van der Waals surface area contributed by atoms with Crippen molar-refractivity contribution in [3.05, 3.63) is 151 Å². The van der Waals surface area contributed by atoms with Gasteiger partial charge in [-0.1, -0.05) is 84.9 Å². The predicted octanol–water partition coefficient (Wildman–Crippen LogP) is 9.81. The summed E-state index contributed by atoms with van der Waals surface area (Å²) in [5.74, 6) is 0.867. The number of benzene rings is 4. The van der Waals surface area contributed by atoms with E-state index in [1.807, 2.05) is 36.5 Å². The van der Waals surface area contributed by atoms with Crippen molar-refractivity contribution in [3.63, 3.8) is 0 Å². The molecule has 1 aliphatic heterocycles. The Hall–Kier alpha value is -5.34. The molecular formula is C40H28IN5. The molecule has 5 heterocycles. The van der Waals surface area contributed by atoms with Gasteiger partial charge in [0.1, 0.15) is 5.82 Å². The van der Waals surface area contributed by atoms with Gasteiger partial charge in [0, 0.05) is 23.1 Å². The van der Waals surface area contributed by atoms with Gasteiger partial charge in [0.15, 0.2) is 0 Å². The maximum Gasteiger partial charge on any atom is 0.138 e. The second-order valence-corrected chi connectivity index (χ2v) is 11.3. The van der Waals surface area contributed by atoms with E-state index in [0.29, 0.717) is 0 Å². The van der Waals surface area contributed by atoms with Gasteiger partial charge in [-0.15, -0.1) is 24.0 Å². The van der Waals surface area contributed by atoms with E-state index < -0.39 is 0 Å². The van der Waals surface area contributed by atoms with Crippen LogP contribution in [0.15, 0.2) is 140 Å². The Morgan fingerprint density at radius 2 is 1.07 bits per heavy atom. The smallest absolute Gasteiger partial charge is 0.138 e. The highest BCUT2D eigenvalue weighted by molar-refractivity contribution is 14.0. The second-order valence-electron chi connectivity index (χ2n) is 11.3. The van der Waals surface area contributed by atoms with Crippen LogP contribution < -0.4 is 5.32 Å². The lowest BCUT2D eigenvalue weighted by molar-refractivity contribution is 0.852. The number of hydrogen-bond acceptors (Lipinski definition) is 4. The standard InChI is InChI=1S/C40H27N5.HI/c1-3-12-28-26(10-1)24-27-11-2-4-13-29(27)40(28)36-19-8-17-33(43-36)32-15-7-16-34(42-32)35-18-9-21-39(44-35)45-37-20-6-5-14-30(37)31-25-41-23-22-38(31)45;/h1-24,41H,25H2;1H. The SMILES string of the molecule is C1=Cc2c(c3ccccc3n2-c2cccc(-c3cccc(-c4cccc(-c5c6ccccc6cc6ccccc56)n4)n3)n2)CN1.I. The summed E-state index contributed by atoms with van der Waals surface area (Å²) >= 11 is 0. The van der Waals surface area contributed by atoms with Crippen molar-refractivity contribution >= 4 is 62.5 Å². The summed E-state index contributed by atoms with van der Waals surface area (Å²) in [6.07, 6.45) is 4.14. The normalized spacial score (nSPS) is 12.2. The molecule has 0 aliphatic carbocycles. The number of fused-ring (bicyclic) bond motifs is 5. The van der Waals surface area contributed by atoms with Crippen molar-refractivity contribution in [2.45, 2.75) is 6.54 Å². The third-order valence-electron chi connectivity index (χ3n) is 8.67. The number of rotatable bonds is 4. The van der Waals surface area contributed by atoms with Crippen LogP contribution >= 0.6 is 24.0 Å². The van der Waals surface area contributed by atoms with Crippen molar-refractivity contribution in [1.29, 1.82) is 0 Å². The maximum atomic E-state index is 5.19. The van der Waals surface area contributed by atoms with Crippen molar-refractivity contribution < 1.29 is 0 Å². The zero-order valence-corrected chi connectivity index (χ0v) is 27.1. The Kier molecular flexibility index (Phi) is 7.07. The maximum absolute atomic E-state index is 5.19. The molecule has 9 rings (SSSR count). The predicted molar refractivity (Wildman–Crippen MR) is 199 cm³/mol. The van der Waals surface area contributed by atoms with E-state index in [1.165, 1.54) is 32.5 Å². The van der Waals surface area contributed by atoms with E-state index in [-0.39, 0.29) is 24.0 Å². The molecule has 4 aromatic heterocycles. The number of halogens is 1. The van der Waals surface area contributed by atoms with Gasteiger partial charge < -0.3 is 5.32 Å². The van der Waals surface area contributed by atoms with Gasteiger partial charge in [0.05, 0.1) is 39.7 Å². The Morgan fingerprint density at radius 3 is 1.76 bits per heavy atom. The largest absolute Gasteiger partial charge is 0.387 e. The van der Waals surface area contributed by atoms with Crippen LogP contribution in [0.25, 0.3) is 78.4 Å². The molecule has 0 radical (unpaired) electrons. The molecule has 0 saturated carbocycles. The Labute approximate surface area is 283 Å². The van der Waals surface area contributed by atoms with Crippen LogP contribution in [0.3, 0.4) is 0 Å². The van der Waals surface area contributed by atoms with Gasteiger partial charge in [-0.2, -0.15) is 0 Å². The summed E-state index contributed by atoms with van der Waals surface area (Å²) in [6.45, 7) is 0.795. The number of aromatic nitrogens is 4. The molecule has 220 valence electrons. The van der Waals surface area contributed by atoms with Gasteiger partial charge in [0.25, 0.3) is 0 Å². The molecule has 1 N–H and O–H groups in total. The molecule has 0 bridgehead atoms. The third kappa shape index (κ3) is 4.64. The molecule has 0 atom stereocenters. The monoisotopic (exact) mass is 705 g/mol. The second kappa shape index (κ2) is 11.5. The Morgan fingerprint density at radius 1 is 0.522 bits per heavy atom. The molecule has 6 heteroatoms. The van der Waals surface area contributed by atoms with Crippen LogP contribution in [0, 0.1) is 0 Å². The Balaban J connectivity index is 0.00000312. The van der Waals surface area contributed by atoms with E-state index in [0.717, 1.165) is 57.6 Å². The van der Waals surface area contributed by atoms with Crippen LogP contribution in [0.2, 0.25) is 0 Å². The molecule has 0 amide bonds. The van der Waals surface area contributed by atoms with Crippen molar-refractivity contribution in [1.82, 2.24) is 24.8 Å². The summed E-state index contributed by atoms with van der Waals surface area (Å²) < 4.78 is 2.24. The zero-order chi connectivity index (χ0) is 29.7. The lowest BCUT2D eigenvalue weighted by Crippen LogP contribution is -2.11. The molecule has 0 spiro atoms. The number of pyridine rings is 3. The number of nitrogens with zero attached hydrogens (tertiary/aromatic N) is 4. The first-order chi connectivity index (χ1) is 22.3. The minimum Gasteiger partial charge on any atom is -0.387 e. The van der Waals surface area contributed by atoms with Crippen molar-refractivity contribution in [2.75, 3.05) is 0 Å². The first-order valence-corrected chi connectivity index (χ1v) is 15.2. The highest BCUT2D eigenvalue weighted by Crippen LogP contribution is 2.37. The van der Waals surface area contributed by atoms with Crippen LogP contribution in [0.5, 0.6) is 0 Å². The zero-order valence-electron chi connectivity index (χ0n) is 24.8. The first-order valence-electron chi connectivity index (χ1n) is 15.2. The summed E-state index contributed by atoms with van der Waals surface area (Å²) in [5, 5.41) is 9.38. The number of hydrogen-bond donors (Lipinski definition) is 1. The number of para-hydroxylation sites is 1. The van der Waals surface area contributed by atoms with Crippen LogP contribution in [-0.4, -0.2) is 19.5 Å². The fraction of sp³-hybridized carbons (Fsp3) is 0.0250. The fourth-order valence-corrected chi connectivity index (χ4v) is 6.65. The molecular weight excluding hydrogens is 677 g/mol. The quantitative estimate of drug-likeness (QED) is 0.146. The van der Waals surface area contributed by atoms with Gasteiger partial charge in [-0.3, -0.25) is 4.57 Å². The lowest BCUT2D eigenvalue weighted by atomic mass is 9.94. The van der Waals surface area contributed by atoms with E-state index in [1.54, 1.807) is 0 Å². The van der Waals surface area contributed by atoms with E-state index >= 15 is 0 Å². The molecule has 5 nitrogen and oxygen atoms in total. The topological polar surface area (TPSA) is 55.6 Å². The highest BCUT2D eigenvalue weighted by Gasteiger charge is 2.19. The van der Waals surface area contributed by atoms with E-state index in [9.17, 15) is 0 Å². The number of nitrogens with one attached hydrogen (secondary N) is 1. The van der Waals surface area contributed by atoms with Crippen LogP contribution in [0.4, 0.5) is 0 Å². The summed E-state index contributed by atoms with van der Waals surface area (Å²) in [4.78, 5) is 15.4. The third-order valence-corrected chi connectivity index (χ3v) is 8.67. The summed E-state index contributed by atoms with van der Waals surface area (Å²) in [6, 6.07) is 46.3.